The molecule has 0 rings (SSSR count). The van der Waals surface area contributed by atoms with E-state index in [-0.39, 0.29) is 0 Å². The highest BCUT2D eigenvalue weighted by Crippen LogP contribution is 1.96. The van der Waals surface area contributed by atoms with Crippen LogP contribution >= 0.6 is 0 Å². The minimum atomic E-state index is -1.26. The molecule has 0 aromatic rings. The molecule has 0 heterocycles. The second-order valence-electron chi connectivity index (χ2n) is 1.57. The summed E-state index contributed by atoms with van der Waals surface area (Å²) in [5.41, 5.74) is 0. The third-order valence-corrected chi connectivity index (χ3v) is 0.743. The molecule has 0 amide bonds. The lowest BCUT2D eigenvalue weighted by molar-refractivity contribution is -0.780. The average molecular weight is 135 g/mol. The molecule has 0 aliphatic rings. The fourth-order valence-corrected chi connectivity index (χ4v) is 0.399. The molecule has 5 heteroatoms. The summed E-state index contributed by atoms with van der Waals surface area (Å²) in [6, 6.07) is 0. The molecule has 1 unspecified atom stereocenters. The third-order valence-electron chi connectivity index (χ3n) is 0.743. The Bertz CT molecular complexity index is 94.6. The van der Waals surface area contributed by atoms with Crippen LogP contribution in [-0.2, 0) is 4.84 Å². The molecule has 0 fully saturated rings. The first-order valence-electron chi connectivity index (χ1n) is 2.66. The van der Waals surface area contributed by atoms with Crippen LogP contribution in [0.15, 0.2) is 0 Å². The van der Waals surface area contributed by atoms with Crippen molar-refractivity contribution in [2.24, 2.45) is 0 Å². The van der Waals surface area contributed by atoms with Crippen LogP contribution in [0.4, 0.5) is 0 Å². The van der Waals surface area contributed by atoms with Crippen LogP contribution in [0.25, 0.3) is 0 Å². The summed E-state index contributed by atoms with van der Waals surface area (Å²) in [4.78, 5) is 13.3. The quantitative estimate of drug-likeness (QED) is 0.342. The molecule has 0 saturated carbocycles. The molecule has 1 atom stereocenters. The first kappa shape index (κ1) is 8.16. The van der Waals surface area contributed by atoms with Crippen molar-refractivity contribution in [1.29, 1.82) is 0 Å². The highest BCUT2D eigenvalue weighted by molar-refractivity contribution is 4.33. The Balaban J connectivity index is 3.26. The molecule has 0 aliphatic carbocycles. The lowest BCUT2D eigenvalue weighted by Gasteiger charge is -2.03. The zero-order valence-electron chi connectivity index (χ0n) is 5.11. The Morgan fingerprint density at radius 3 is 2.78 bits per heavy atom. The van der Waals surface area contributed by atoms with Gasteiger partial charge in [-0.3, -0.25) is 4.84 Å². The molecule has 1 N–H and O–H groups in total. The van der Waals surface area contributed by atoms with Crippen molar-refractivity contribution in [3.63, 3.8) is 0 Å². The van der Waals surface area contributed by atoms with E-state index in [9.17, 15) is 10.1 Å². The van der Waals surface area contributed by atoms with Crippen molar-refractivity contribution < 1.29 is 15.0 Å². The van der Waals surface area contributed by atoms with Crippen LogP contribution in [0.2, 0.25) is 0 Å². The van der Waals surface area contributed by atoms with Gasteiger partial charge in [-0.1, -0.05) is 13.3 Å². The van der Waals surface area contributed by atoms with Crippen LogP contribution < -0.4 is 0 Å². The Hall–Kier alpha value is -0.840. The van der Waals surface area contributed by atoms with Crippen molar-refractivity contribution in [2.75, 3.05) is 0 Å². The van der Waals surface area contributed by atoms with E-state index < -0.39 is 11.4 Å². The second kappa shape index (κ2) is 4.08. The minimum Gasteiger partial charge on any atom is -0.368 e. The molecule has 0 bridgehead atoms. The maximum absolute atomic E-state index is 9.51. The van der Waals surface area contributed by atoms with E-state index in [4.69, 9.17) is 5.11 Å². The van der Waals surface area contributed by atoms with E-state index in [0.29, 0.717) is 12.8 Å². The number of hydrogen-bond donors (Lipinski definition) is 1. The summed E-state index contributed by atoms with van der Waals surface area (Å²) in [7, 11) is 0. The summed E-state index contributed by atoms with van der Waals surface area (Å²) in [5, 5.41) is 17.1. The van der Waals surface area contributed by atoms with Gasteiger partial charge in [-0.05, 0) is 6.42 Å². The Morgan fingerprint density at radius 1 is 1.89 bits per heavy atom. The van der Waals surface area contributed by atoms with Gasteiger partial charge in [0.25, 0.3) is 5.09 Å². The highest BCUT2D eigenvalue weighted by atomic mass is 17.0. The molecule has 0 spiro atoms. The Morgan fingerprint density at radius 2 is 2.44 bits per heavy atom. The molecule has 0 aromatic carbocycles. The second-order valence-corrected chi connectivity index (χ2v) is 1.57. The predicted octanol–water partition coefficient (Wildman–Crippen LogP) is 0.313. The molecule has 9 heavy (non-hydrogen) atoms. The number of rotatable bonds is 4. The topological polar surface area (TPSA) is 72.6 Å². The first-order chi connectivity index (χ1) is 4.16. The van der Waals surface area contributed by atoms with E-state index >= 15 is 0 Å². The summed E-state index contributed by atoms with van der Waals surface area (Å²) in [5.74, 6) is 0. The summed E-state index contributed by atoms with van der Waals surface area (Å²) < 4.78 is 0. The highest BCUT2D eigenvalue weighted by Gasteiger charge is 2.05. The van der Waals surface area contributed by atoms with Gasteiger partial charge in [0.15, 0.2) is 0 Å². The summed E-state index contributed by atoms with van der Waals surface area (Å²) in [6.45, 7) is 1.80. The zero-order valence-corrected chi connectivity index (χ0v) is 5.11. The van der Waals surface area contributed by atoms with Gasteiger partial charge in [0.05, 0.1) is 0 Å². The van der Waals surface area contributed by atoms with E-state index in [1.54, 1.807) is 6.92 Å². The number of hydrogen-bond acceptors (Lipinski definition) is 4. The normalized spacial score (nSPS) is 12.7. The smallest absolute Gasteiger partial charge is 0.297 e. The maximum atomic E-state index is 9.51. The lowest BCUT2D eigenvalue weighted by Crippen LogP contribution is -2.15. The summed E-state index contributed by atoms with van der Waals surface area (Å²) >= 11 is 0. The fraction of sp³-hybridized carbons (Fsp3) is 1.00. The van der Waals surface area contributed by atoms with E-state index in [0.717, 1.165) is 0 Å². The molecule has 0 radical (unpaired) electrons. The van der Waals surface area contributed by atoms with E-state index in [1.165, 1.54) is 0 Å². The molecule has 0 aromatic heterocycles. The SMILES string of the molecule is CCCC(O)O[N+](=O)[O-]. The van der Waals surface area contributed by atoms with Crippen LogP contribution in [0.1, 0.15) is 19.8 Å². The monoisotopic (exact) mass is 135 g/mol. The van der Waals surface area contributed by atoms with Gasteiger partial charge in [0, 0.05) is 0 Å². The molecular formula is C4H9NO4. The standard InChI is InChI=1S/C4H9NO4/c1-2-3-4(6)9-5(7)8/h4,6H,2-3H2,1H3. The van der Waals surface area contributed by atoms with Crippen LogP contribution in [0, 0.1) is 10.1 Å². The van der Waals surface area contributed by atoms with Gasteiger partial charge in [0.1, 0.15) is 0 Å². The van der Waals surface area contributed by atoms with Gasteiger partial charge < -0.3 is 5.11 Å². The molecule has 0 aliphatic heterocycles. The van der Waals surface area contributed by atoms with E-state index in [2.05, 4.69) is 4.84 Å². The van der Waals surface area contributed by atoms with Crippen molar-refractivity contribution in [3.05, 3.63) is 10.1 Å². The van der Waals surface area contributed by atoms with Crippen molar-refractivity contribution in [3.8, 4) is 0 Å². The molecule has 0 saturated heterocycles. The van der Waals surface area contributed by atoms with Crippen molar-refractivity contribution in [2.45, 2.75) is 26.1 Å². The van der Waals surface area contributed by atoms with Gasteiger partial charge in [-0.2, -0.15) is 0 Å². The zero-order chi connectivity index (χ0) is 7.28. The van der Waals surface area contributed by atoms with Gasteiger partial charge in [-0.15, -0.1) is 10.1 Å². The van der Waals surface area contributed by atoms with Crippen molar-refractivity contribution >= 4 is 0 Å². The Kier molecular flexibility index (Phi) is 3.70. The largest absolute Gasteiger partial charge is 0.368 e. The molecule has 5 nitrogen and oxygen atoms in total. The maximum Gasteiger partial charge on any atom is 0.297 e. The minimum absolute atomic E-state index is 0.293. The first-order valence-corrected chi connectivity index (χ1v) is 2.66. The van der Waals surface area contributed by atoms with Gasteiger partial charge in [-0.25, -0.2) is 0 Å². The molecule has 54 valence electrons. The predicted molar refractivity (Wildman–Crippen MR) is 29.0 cm³/mol. The molecular weight excluding hydrogens is 126 g/mol. The lowest BCUT2D eigenvalue weighted by atomic mass is 10.3. The Labute approximate surface area is 52.3 Å². The number of aliphatic hydroxyl groups is 1. The fourth-order valence-electron chi connectivity index (χ4n) is 0.399. The number of aliphatic hydroxyl groups excluding tert-OH is 1. The van der Waals surface area contributed by atoms with Crippen molar-refractivity contribution in [1.82, 2.24) is 0 Å². The van der Waals surface area contributed by atoms with E-state index in [1.807, 2.05) is 0 Å². The van der Waals surface area contributed by atoms with Crippen LogP contribution in [-0.4, -0.2) is 16.5 Å². The average Bonchev–Trinajstić information content (AvgIpc) is 1.63. The van der Waals surface area contributed by atoms with Crippen LogP contribution in [0.3, 0.4) is 0 Å². The van der Waals surface area contributed by atoms with Crippen LogP contribution in [0.5, 0.6) is 0 Å². The number of nitrogens with zero attached hydrogens (tertiary/aromatic N) is 1. The third kappa shape index (κ3) is 5.02. The summed E-state index contributed by atoms with van der Waals surface area (Å²) in [6.07, 6.45) is -0.305. The van der Waals surface area contributed by atoms with Gasteiger partial charge in [0.2, 0.25) is 6.29 Å². The van der Waals surface area contributed by atoms with Gasteiger partial charge >= 0.3 is 0 Å².